The molecule has 1 aliphatic heterocycles. The van der Waals surface area contributed by atoms with Crippen LogP contribution in [0.2, 0.25) is 0 Å². The summed E-state index contributed by atoms with van der Waals surface area (Å²) in [6, 6.07) is 34.2. The van der Waals surface area contributed by atoms with Crippen LogP contribution >= 0.6 is 0 Å². The molecule has 6 nitrogen and oxygen atoms in total. The normalized spacial score (nSPS) is 13.5. The summed E-state index contributed by atoms with van der Waals surface area (Å²) in [5.41, 5.74) is 1.96. The number of nitrogens with zero attached hydrogens (tertiary/aromatic N) is 4. The van der Waals surface area contributed by atoms with E-state index in [1.165, 1.54) is 16.8 Å². The quantitative estimate of drug-likeness (QED) is 0.174. The fraction of sp³-hybridized carbons (Fsp3) is 0.184. The number of imidazole rings is 1. The van der Waals surface area contributed by atoms with Crippen LogP contribution in [0.1, 0.15) is 34.2 Å². The second-order valence-corrected chi connectivity index (χ2v) is 11.8. The van der Waals surface area contributed by atoms with E-state index in [0.29, 0.717) is 40.9 Å². The molecule has 0 saturated carbocycles. The number of amides is 1. The van der Waals surface area contributed by atoms with Crippen LogP contribution in [0.15, 0.2) is 126 Å². The Hall–Kier alpha value is -5.44. The van der Waals surface area contributed by atoms with E-state index in [2.05, 4.69) is 0 Å². The summed E-state index contributed by atoms with van der Waals surface area (Å²) in [7, 11) is 0. The molecule has 0 unspecified atom stereocenters. The van der Waals surface area contributed by atoms with Gasteiger partial charge in [-0.15, -0.1) is 0 Å². The predicted molar refractivity (Wildman–Crippen MR) is 175 cm³/mol. The monoisotopic (exact) mass is 632 g/mol. The molecule has 1 fully saturated rings. The van der Waals surface area contributed by atoms with Crippen molar-refractivity contribution in [3.63, 3.8) is 0 Å². The Morgan fingerprint density at radius 3 is 1.81 bits per heavy atom. The topological polar surface area (TPSA) is 60.1 Å². The molecule has 2 aromatic heterocycles. The zero-order chi connectivity index (χ0) is 32.8. The average molecular weight is 633 g/mol. The second kappa shape index (κ2) is 11.7. The fourth-order valence-electron chi connectivity index (χ4n) is 6.57. The van der Waals surface area contributed by atoms with Gasteiger partial charge in [-0.2, -0.15) is 13.2 Å². The van der Waals surface area contributed by atoms with E-state index in [4.69, 9.17) is 4.98 Å². The third-order valence-electron chi connectivity index (χ3n) is 9.06. The van der Waals surface area contributed by atoms with E-state index in [9.17, 15) is 22.8 Å². The molecule has 9 heteroatoms. The van der Waals surface area contributed by atoms with E-state index in [-0.39, 0.29) is 12.5 Å². The summed E-state index contributed by atoms with van der Waals surface area (Å²) in [5.74, 6) is -0.206. The SMILES string of the molecule is Cc1ccc(C(F)(F)F)cc1-c1cnc2c(c1)n(CC(=O)N1CCC1)c(=O)n2C(c1ccccc1)(c1ccccc1)c1ccccc1. The van der Waals surface area contributed by atoms with Crippen molar-refractivity contribution >= 4 is 17.1 Å². The molecule has 0 spiro atoms. The van der Waals surface area contributed by atoms with Crippen LogP contribution in [-0.2, 0) is 23.1 Å². The Kier molecular flexibility index (Phi) is 7.54. The highest BCUT2D eigenvalue weighted by Crippen LogP contribution is 2.42. The molecule has 0 bridgehead atoms. The first kappa shape index (κ1) is 30.2. The number of carbonyl (C=O) groups excluding carboxylic acids is 1. The standard InChI is InChI=1S/C38H31F3N4O2/c1-26-18-19-31(38(39,40)41)23-32(26)27-22-33-35(42-24-27)45(36(47)44(33)25-34(46)43-20-11-21-43)37(28-12-5-2-6-13-28,29-14-7-3-8-15-29)30-16-9-4-10-17-30/h2-10,12-19,22-24H,11,20-21,25H2,1H3. The summed E-state index contributed by atoms with van der Waals surface area (Å²) in [6.07, 6.45) is -2.13. The van der Waals surface area contributed by atoms with Gasteiger partial charge in [-0.3, -0.25) is 13.9 Å². The van der Waals surface area contributed by atoms with Crippen LogP contribution in [0, 0.1) is 6.92 Å². The van der Waals surface area contributed by atoms with E-state index < -0.39 is 23.0 Å². The van der Waals surface area contributed by atoms with Gasteiger partial charge in [-0.1, -0.05) is 97.1 Å². The Labute approximate surface area is 269 Å². The van der Waals surface area contributed by atoms with Crippen LogP contribution in [0.25, 0.3) is 22.3 Å². The lowest BCUT2D eigenvalue weighted by Gasteiger charge is -2.37. The maximum Gasteiger partial charge on any atom is 0.416 e. The summed E-state index contributed by atoms with van der Waals surface area (Å²) in [4.78, 5) is 35.0. The van der Waals surface area contributed by atoms with E-state index in [0.717, 1.165) is 35.2 Å². The van der Waals surface area contributed by atoms with Crippen LogP contribution in [0.3, 0.4) is 0 Å². The van der Waals surface area contributed by atoms with E-state index in [1.54, 1.807) is 22.5 Å². The molecular weight excluding hydrogens is 601 g/mol. The van der Waals surface area contributed by atoms with Crippen molar-refractivity contribution in [2.24, 2.45) is 0 Å². The number of pyridine rings is 1. The van der Waals surface area contributed by atoms with Gasteiger partial charge in [-0.25, -0.2) is 9.78 Å². The minimum Gasteiger partial charge on any atom is -0.341 e. The molecule has 6 aromatic rings. The molecule has 0 aliphatic carbocycles. The number of halogens is 3. The number of carbonyl (C=O) groups is 1. The van der Waals surface area contributed by atoms with Crippen LogP contribution < -0.4 is 5.69 Å². The highest BCUT2D eigenvalue weighted by molar-refractivity contribution is 5.84. The third kappa shape index (κ3) is 5.12. The highest BCUT2D eigenvalue weighted by atomic mass is 19.4. The van der Waals surface area contributed by atoms with Gasteiger partial charge in [0.15, 0.2) is 5.65 Å². The summed E-state index contributed by atoms with van der Waals surface area (Å²) < 4.78 is 44.3. The second-order valence-electron chi connectivity index (χ2n) is 11.8. The average Bonchev–Trinajstić information content (AvgIpc) is 3.32. The van der Waals surface area contributed by atoms with Crippen molar-refractivity contribution < 1.29 is 18.0 Å². The summed E-state index contributed by atoms with van der Waals surface area (Å²) in [6.45, 7) is 2.72. The maximum atomic E-state index is 15.0. The van der Waals surface area contributed by atoms with Crippen LogP contribution in [0.5, 0.6) is 0 Å². The molecule has 0 N–H and O–H groups in total. The molecule has 236 valence electrons. The van der Waals surface area contributed by atoms with E-state index >= 15 is 0 Å². The van der Waals surface area contributed by atoms with Gasteiger partial charge in [0.2, 0.25) is 5.91 Å². The Morgan fingerprint density at radius 1 is 0.766 bits per heavy atom. The van der Waals surface area contributed by atoms with Gasteiger partial charge < -0.3 is 4.90 Å². The highest BCUT2D eigenvalue weighted by Gasteiger charge is 2.42. The van der Waals surface area contributed by atoms with Crippen molar-refractivity contribution in [1.82, 2.24) is 19.0 Å². The van der Waals surface area contributed by atoms with Crippen molar-refractivity contribution in [3.05, 3.63) is 160 Å². The smallest absolute Gasteiger partial charge is 0.341 e. The lowest BCUT2D eigenvalue weighted by molar-refractivity contribution is -0.137. The number of aromatic nitrogens is 3. The van der Waals surface area contributed by atoms with Crippen LogP contribution in [0.4, 0.5) is 13.2 Å². The first-order valence-electron chi connectivity index (χ1n) is 15.4. The van der Waals surface area contributed by atoms with Crippen molar-refractivity contribution in [2.75, 3.05) is 13.1 Å². The number of hydrogen-bond donors (Lipinski definition) is 0. The minimum atomic E-state index is -4.53. The van der Waals surface area contributed by atoms with Gasteiger partial charge >= 0.3 is 11.9 Å². The Morgan fingerprint density at radius 2 is 1.32 bits per heavy atom. The zero-order valence-corrected chi connectivity index (χ0v) is 25.6. The maximum absolute atomic E-state index is 15.0. The third-order valence-corrected chi connectivity index (χ3v) is 9.06. The molecule has 1 saturated heterocycles. The largest absolute Gasteiger partial charge is 0.416 e. The number of likely N-dealkylation sites (tertiary alicyclic amines) is 1. The van der Waals surface area contributed by atoms with Gasteiger partial charge in [-0.05, 0) is 59.4 Å². The van der Waals surface area contributed by atoms with Gasteiger partial charge in [0.05, 0.1) is 11.1 Å². The Balaban J connectivity index is 1.57. The number of fused-ring (bicyclic) bond motifs is 1. The first-order valence-corrected chi connectivity index (χ1v) is 15.4. The lowest BCUT2D eigenvalue weighted by Crippen LogP contribution is -2.47. The van der Waals surface area contributed by atoms with Gasteiger partial charge in [0.25, 0.3) is 0 Å². The summed E-state index contributed by atoms with van der Waals surface area (Å²) in [5, 5.41) is 0. The predicted octanol–water partition coefficient (Wildman–Crippen LogP) is 7.26. The van der Waals surface area contributed by atoms with Gasteiger partial charge in [0, 0.05) is 24.8 Å². The van der Waals surface area contributed by atoms with Crippen molar-refractivity contribution in [1.29, 1.82) is 0 Å². The molecule has 4 aromatic carbocycles. The van der Waals surface area contributed by atoms with Crippen LogP contribution in [-0.4, -0.2) is 38.0 Å². The number of aryl methyl sites for hydroxylation is 1. The number of alkyl halides is 3. The number of benzene rings is 4. The van der Waals surface area contributed by atoms with Gasteiger partial charge in [0.1, 0.15) is 12.1 Å². The minimum absolute atomic E-state index is 0.206. The molecule has 1 amide bonds. The fourth-order valence-corrected chi connectivity index (χ4v) is 6.57. The molecule has 47 heavy (non-hydrogen) atoms. The van der Waals surface area contributed by atoms with Crippen molar-refractivity contribution in [2.45, 2.75) is 31.6 Å². The molecular formula is C38H31F3N4O2. The lowest BCUT2D eigenvalue weighted by atomic mass is 9.76. The molecule has 0 atom stereocenters. The molecule has 0 radical (unpaired) electrons. The molecule has 1 aliphatic rings. The first-order chi connectivity index (χ1) is 22.7. The number of rotatable bonds is 7. The summed E-state index contributed by atoms with van der Waals surface area (Å²) >= 11 is 0. The zero-order valence-electron chi connectivity index (χ0n) is 25.6. The van der Waals surface area contributed by atoms with Crippen molar-refractivity contribution in [3.8, 4) is 11.1 Å². The number of hydrogen-bond acceptors (Lipinski definition) is 3. The Bertz CT molecular complexity index is 2040. The molecule has 7 rings (SSSR count). The molecule has 3 heterocycles. The van der Waals surface area contributed by atoms with E-state index in [1.807, 2.05) is 91.0 Å².